The van der Waals surface area contributed by atoms with E-state index >= 15 is 0 Å². The van der Waals surface area contributed by atoms with E-state index in [1.54, 1.807) is 18.1 Å². The van der Waals surface area contributed by atoms with Gasteiger partial charge in [0.2, 0.25) is 0 Å². The van der Waals surface area contributed by atoms with Crippen LogP contribution in [0.4, 0.5) is 4.39 Å². The van der Waals surface area contributed by atoms with Gasteiger partial charge in [0.15, 0.2) is 0 Å². The average Bonchev–Trinajstić information content (AvgIpc) is 2.89. The van der Waals surface area contributed by atoms with Gasteiger partial charge in [0.1, 0.15) is 18.0 Å². The number of benzene rings is 1. The van der Waals surface area contributed by atoms with Crippen molar-refractivity contribution >= 4 is 11.8 Å². The Morgan fingerprint density at radius 3 is 2.71 bits per heavy atom. The van der Waals surface area contributed by atoms with Crippen LogP contribution >= 0.6 is 11.8 Å². The molecule has 1 unspecified atom stereocenters. The first-order valence-electron chi connectivity index (χ1n) is 7.13. The zero-order valence-corrected chi connectivity index (χ0v) is 13.2. The fraction of sp³-hybridized carbons (Fsp3) is 0.467. The fourth-order valence-electron chi connectivity index (χ4n) is 1.99. The summed E-state index contributed by atoms with van der Waals surface area (Å²) in [5.41, 5.74) is 0. The Hall–Kier alpha value is -1.40. The number of hydrogen-bond donors (Lipinski definition) is 1. The molecular weight excluding hydrogens is 287 g/mol. The molecule has 0 aliphatic carbocycles. The summed E-state index contributed by atoms with van der Waals surface area (Å²) in [6, 6.07) is 6.96. The summed E-state index contributed by atoms with van der Waals surface area (Å²) >= 11 is 1.73. The Kier molecular flexibility index (Phi) is 6.20. The van der Waals surface area contributed by atoms with E-state index < -0.39 is 0 Å². The van der Waals surface area contributed by atoms with Gasteiger partial charge in [0.05, 0.1) is 0 Å². The summed E-state index contributed by atoms with van der Waals surface area (Å²) in [5, 5.41) is 7.65. The summed E-state index contributed by atoms with van der Waals surface area (Å²) in [6.45, 7) is 3.13. The first-order chi connectivity index (χ1) is 10.2. The van der Waals surface area contributed by atoms with Crippen molar-refractivity contribution in [1.82, 2.24) is 20.1 Å². The van der Waals surface area contributed by atoms with Crippen molar-refractivity contribution in [2.75, 3.05) is 12.3 Å². The standard InChI is InChI=1S/C15H21FN4S/c1-3-8-17-13(9-15-18-11-19-20(15)2)10-21-14-6-4-12(16)5-7-14/h4-7,11,13,17H,3,8-10H2,1-2H3. The third kappa shape index (κ3) is 5.13. The Balaban J connectivity index is 1.92. The minimum atomic E-state index is -0.195. The zero-order valence-electron chi connectivity index (χ0n) is 12.4. The van der Waals surface area contributed by atoms with E-state index in [-0.39, 0.29) is 5.82 Å². The van der Waals surface area contributed by atoms with E-state index in [1.165, 1.54) is 12.1 Å². The van der Waals surface area contributed by atoms with E-state index in [4.69, 9.17) is 0 Å². The molecule has 21 heavy (non-hydrogen) atoms. The van der Waals surface area contributed by atoms with Gasteiger partial charge in [-0.3, -0.25) is 4.68 Å². The molecular formula is C15H21FN4S. The lowest BCUT2D eigenvalue weighted by Crippen LogP contribution is -2.34. The lowest BCUT2D eigenvalue weighted by molar-refractivity contribution is 0.526. The van der Waals surface area contributed by atoms with Crippen molar-refractivity contribution in [2.45, 2.75) is 30.7 Å². The topological polar surface area (TPSA) is 42.7 Å². The minimum absolute atomic E-state index is 0.195. The smallest absolute Gasteiger partial charge is 0.138 e. The van der Waals surface area contributed by atoms with Crippen molar-refractivity contribution in [3.05, 3.63) is 42.2 Å². The Morgan fingerprint density at radius 2 is 2.10 bits per heavy atom. The van der Waals surface area contributed by atoms with Crippen molar-refractivity contribution < 1.29 is 4.39 Å². The number of nitrogens with zero attached hydrogens (tertiary/aromatic N) is 3. The monoisotopic (exact) mass is 308 g/mol. The molecule has 1 N–H and O–H groups in total. The molecule has 1 aromatic carbocycles. The average molecular weight is 308 g/mol. The van der Waals surface area contributed by atoms with Crippen LogP contribution in [0, 0.1) is 5.82 Å². The maximum atomic E-state index is 12.9. The second-order valence-corrected chi connectivity index (χ2v) is 6.01. The molecule has 2 aromatic rings. The van der Waals surface area contributed by atoms with Crippen LogP contribution in [0.3, 0.4) is 0 Å². The van der Waals surface area contributed by atoms with Gasteiger partial charge in [-0.2, -0.15) is 5.10 Å². The second-order valence-electron chi connectivity index (χ2n) is 4.92. The minimum Gasteiger partial charge on any atom is -0.313 e. The maximum Gasteiger partial charge on any atom is 0.138 e. The predicted molar refractivity (Wildman–Crippen MR) is 83.9 cm³/mol. The molecule has 6 heteroatoms. The molecule has 0 radical (unpaired) electrons. The van der Waals surface area contributed by atoms with E-state index in [2.05, 4.69) is 22.3 Å². The number of halogens is 1. The van der Waals surface area contributed by atoms with Gasteiger partial charge in [0, 0.05) is 30.2 Å². The van der Waals surface area contributed by atoms with Crippen molar-refractivity contribution in [1.29, 1.82) is 0 Å². The molecule has 1 atom stereocenters. The highest BCUT2D eigenvalue weighted by Crippen LogP contribution is 2.19. The zero-order chi connectivity index (χ0) is 15.1. The molecule has 0 saturated heterocycles. The van der Waals surface area contributed by atoms with Crippen LogP contribution in [0.2, 0.25) is 0 Å². The summed E-state index contributed by atoms with van der Waals surface area (Å²) in [7, 11) is 1.91. The summed E-state index contributed by atoms with van der Waals surface area (Å²) in [5.74, 6) is 1.70. The lowest BCUT2D eigenvalue weighted by atomic mass is 10.2. The van der Waals surface area contributed by atoms with Crippen LogP contribution in [0.15, 0.2) is 35.5 Å². The maximum absolute atomic E-state index is 12.9. The fourth-order valence-corrected chi connectivity index (χ4v) is 2.95. The summed E-state index contributed by atoms with van der Waals surface area (Å²) in [6.07, 6.45) is 3.51. The second kappa shape index (κ2) is 8.14. The highest BCUT2D eigenvalue weighted by Gasteiger charge is 2.13. The lowest BCUT2D eigenvalue weighted by Gasteiger charge is -2.17. The van der Waals surface area contributed by atoms with Crippen molar-refractivity contribution in [3.63, 3.8) is 0 Å². The molecule has 1 heterocycles. The van der Waals surface area contributed by atoms with Crippen molar-refractivity contribution in [2.24, 2.45) is 7.05 Å². The van der Waals surface area contributed by atoms with Gasteiger partial charge in [-0.1, -0.05) is 6.92 Å². The van der Waals surface area contributed by atoms with Crippen LogP contribution in [0.25, 0.3) is 0 Å². The van der Waals surface area contributed by atoms with Gasteiger partial charge in [-0.05, 0) is 37.2 Å². The molecule has 0 aliphatic rings. The first kappa shape index (κ1) is 16.0. The van der Waals surface area contributed by atoms with Gasteiger partial charge in [-0.25, -0.2) is 9.37 Å². The Labute approximate surface area is 129 Å². The number of rotatable bonds is 8. The summed E-state index contributed by atoms with van der Waals surface area (Å²) in [4.78, 5) is 5.36. The molecule has 2 rings (SSSR count). The number of nitrogens with one attached hydrogen (secondary N) is 1. The SMILES string of the molecule is CCCNC(CSc1ccc(F)cc1)Cc1ncnn1C. The largest absolute Gasteiger partial charge is 0.313 e. The number of aromatic nitrogens is 3. The molecule has 0 amide bonds. The van der Waals surface area contributed by atoms with E-state index in [0.29, 0.717) is 6.04 Å². The van der Waals surface area contributed by atoms with Crippen LogP contribution in [-0.4, -0.2) is 33.1 Å². The molecule has 0 saturated carbocycles. The van der Waals surface area contributed by atoms with Crippen LogP contribution in [0.5, 0.6) is 0 Å². The van der Waals surface area contributed by atoms with Gasteiger partial charge in [0.25, 0.3) is 0 Å². The Morgan fingerprint density at radius 1 is 1.33 bits per heavy atom. The van der Waals surface area contributed by atoms with E-state index in [9.17, 15) is 4.39 Å². The highest BCUT2D eigenvalue weighted by atomic mass is 32.2. The normalized spacial score (nSPS) is 12.5. The highest BCUT2D eigenvalue weighted by molar-refractivity contribution is 7.99. The third-order valence-electron chi connectivity index (χ3n) is 3.18. The first-order valence-corrected chi connectivity index (χ1v) is 8.12. The molecule has 1 aromatic heterocycles. The molecule has 4 nitrogen and oxygen atoms in total. The molecule has 0 aliphatic heterocycles. The van der Waals surface area contributed by atoms with Crippen LogP contribution in [-0.2, 0) is 13.5 Å². The van der Waals surface area contributed by atoms with Gasteiger partial charge >= 0.3 is 0 Å². The molecule has 0 spiro atoms. The third-order valence-corrected chi connectivity index (χ3v) is 4.36. The number of aryl methyl sites for hydroxylation is 1. The number of thioether (sulfide) groups is 1. The molecule has 0 fully saturated rings. The van der Waals surface area contributed by atoms with Gasteiger partial charge in [-0.15, -0.1) is 11.8 Å². The van der Waals surface area contributed by atoms with E-state index in [0.717, 1.165) is 35.9 Å². The quantitative estimate of drug-likeness (QED) is 0.761. The predicted octanol–water partition coefficient (Wildman–Crippen LogP) is 2.66. The Bertz CT molecular complexity index is 541. The summed E-state index contributed by atoms with van der Waals surface area (Å²) < 4.78 is 14.7. The van der Waals surface area contributed by atoms with E-state index in [1.807, 2.05) is 23.9 Å². The van der Waals surface area contributed by atoms with Crippen molar-refractivity contribution in [3.8, 4) is 0 Å². The van der Waals surface area contributed by atoms with Crippen LogP contribution < -0.4 is 5.32 Å². The number of hydrogen-bond acceptors (Lipinski definition) is 4. The van der Waals surface area contributed by atoms with Gasteiger partial charge < -0.3 is 5.32 Å². The molecule has 0 bridgehead atoms. The molecule has 114 valence electrons. The van der Waals surface area contributed by atoms with Crippen LogP contribution in [0.1, 0.15) is 19.2 Å².